The Hall–Kier alpha value is -0.570. The van der Waals surface area contributed by atoms with Crippen LogP contribution in [0.3, 0.4) is 0 Å². The first-order valence-corrected chi connectivity index (χ1v) is 5.84. The van der Waals surface area contributed by atoms with Gasteiger partial charge in [-0.15, -0.1) is 0 Å². The van der Waals surface area contributed by atoms with Crippen LogP contribution in [-0.4, -0.2) is 25.2 Å². The third-order valence-corrected chi connectivity index (χ3v) is 2.12. The summed E-state index contributed by atoms with van der Waals surface area (Å²) in [6.07, 6.45) is 1.12. The highest BCUT2D eigenvalue weighted by atomic mass is 16.5. The molecule has 1 unspecified atom stereocenters. The van der Waals surface area contributed by atoms with Crippen LogP contribution in [0.5, 0.6) is 0 Å². The fraction of sp³-hybridized carbons (Fsp3) is 0.917. The Morgan fingerprint density at radius 1 is 1.20 bits per heavy atom. The highest BCUT2D eigenvalue weighted by Gasteiger charge is 2.12. The average molecular weight is 215 g/mol. The molecule has 1 atom stereocenters. The highest BCUT2D eigenvalue weighted by Crippen LogP contribution is 2.00. The second-order valence-electron chi connectivity index (χ2n) is 4.79. The van der Waals surface area contributed by atoms with E-state index in [4.69, 9.17) is 4.74 Å². The monoisotopic (exact) mass is 215 g/mol. The molecule has 0 spiro atoms. The average Bonchev–Trinajstić information content (AvgIpc) is 2.12. The van der Waals surface area contributed by atoms with Crippen LogP contribution in [0.4, 0.5) is 0 Å². The maximum atomic E-state index is 11.2. The number of rotatable bonds is 7. The maximum Gasteiger partial charge on any atom is 0.308 e. The van der Waals surface area contributed by atoms with E-state index in [1.165, 1.54) is 0 Å². The summed E-state index contributed by atoms with van der Waals surface area (Å²) in [6, 6.07) is 0. The zero-order valence-electron chi connectivity index (χ0n) is 10.7. The zero-order valence-corrected chi connectivity index (χ0v) is 10.7. The lowest BCUT2D eigenvalue weighted by molar-refractivity contribution is -0.151. The van der Waals surface area contributed by atoms with Crippen molar-refractivity contribution in [3.05, 3.63) is 0 Å². The summed E-state index contributed by atoms with van der Waals surface area (Å²) in [5, 5.41) is 3.28. The van der Waals surface area contributed by atoms with Gasteiger partial charge >= 0.3 is 5.97 Å². The van der Waals surface area contributed by atoms with E-state index in [0.29, 0.717) is 5.92 Å². The largest absolute Gasteiger partial charge is 0.461 e. The highest BCUT2D eigenvalue weighted by molar-refractivity contribution is 5.71. The van der Waals surface area contributed by atoms with Gasteiger partial charge in [-0.1, -0.05) is 27.7 Å². The van der Waals surface area contributed by atoms with Crippen molar-refractivity contribution in [3.8, 4) is 0 Å². The van der Waals surface area contributed by atoms with Crippen LogP contribution >= 0.6 is 0 Å². The first-order valence-electron chi connectivity index (χ1n) is 5.84. The van der Waals surface area contributed by atoms with E-state index in [1.54, 1.807) is 0 Å². The molecule has 0 fully saturated rings. The van der Waals surface area contributed by atoms with Crippen molar-refractivity contribution in [1.82, 2.24) is 5.32 Å². The standard InChI is InChI=1S/C12H25NO2/c1-9(2)6-7-13-8-11(5)15-12(14)10(3)4/h9-11,13H,6-8H2,1-5H3. The van der Waals surface area contributed by atoms with E-state index in [9.17, 15) is 4.79 Å². The molecule has 0 aliphatic carbocycles. The molecule has 0 radical (unpaired) electrons. The van der Waals surface area contributed by atoms with E-state index in [0.717, 1.165) is 19.5 Å². The number of hydrogen-bond acceptors (Lipinski definition) is 3. The second-order valence-corrected chi connectivity index (χ2v) is 4.79. The summed E-state index contributed by atoms with van der Waals surface area (Å²) in [6.45, 7) is 11.7. The Kier molecular flexibility index (Phi) is 7.39. The van der Waals surface area contributed by atoms with Gasteiger partial charge in [0.25, 0.3) is 0 Å². The number of ether oxygens (including phenoxy) is 1. The zero-order chi connectivity index (χ0) is 11.8. The van der Waals surface area contributed by atoms with E-state index >= 15 is 0 Å². The lowest BCUT2D eigenvalue weighted by Crippen LogP contribution is -2.31. The van der Waals surface area contributed by atoms with Gasteiger partial charge in [-0.3, -0.25) is 4.79 Å². The Morgan fingerprint density at radius 2 is 1.80 bits per heavy atom. The lowest BCUT2D eigenvalue weighted by Gasteiger charge is -2.15. The molecule has 15 heavy (non-hydrogen) atoms. The molecule has 0 aliphatic rings. The van der Waals surface area contributed by atoms with Gasteiger partial charge in [0, 0.05) is 6.54 Å². The fourth-order valence-electron chi connectivity index (χ4n) is 1.07. The van der Waals surface area contributed by atoms with Crippen molar-refractivity contribution in [2.45, 2.75) is 47.1 Å². The van der Waals surface area contributed by atoms with Crippen LogP contribution in [0.2, 0.25) is 0 Å². The van der Waals surface area contributed by atoms with Crippen molar-refractivity contribution in [1.29, 1.82) is 0 Å². The van der Waals surface area contributed by atoms with Crippen molar-refractivity contribution >= 4 is 5.97 Å². The smallest absolute Gasteiger partial charge is 0.308 e. The van der Waals surface area contributed by atoms with Crippen molar-refractivity contribution in [3.63, 3.8) is 0 Å². The van der Waals surface area contributed by atoms with E-state index < -0.39 is 0 Å². The molecule has 1 N–H and O–H groups in total. The molecule has 0 aromatic rings. The molecule has 3 heteroatoms. The van der Waals surface area contributed by atoms with Gasteiger partial charge in [0.15, 0.2) is 0 Å². The Labute approximate surface area is 93.6 Å². The van der Waals surface area contributed by atoms with Gasteiger partial charge in [0.2, 0.25) is 0 Å². The third-order valence-electron chi connectivity index (χ3n) is 2.12. The van der Waals surface area contributed by atoms with Gasteiger partial charge in [0.1, 0.15) is 6.10 Å². The number of carbonyl (C=O) groups is 1. The minimum absolute atomic E-state index is 0.0351. The van der Waals surface area contributed by atoms with Gasteiger partial charge in [-0.2, -0.15) is 0 Å². The van der Waals surface area contributed by atoms with E-state index in [-0.39, 0.29) is 18.0 Å². The summed E-state index contributed by atoms with van der Waals surface area (Å²) in [4.78, 5) is 11.2. The minimum Gasteiger partial charge on any atom is -0.461 e. The first-order chi connectivity index (χ1) is 6.93. The number of nitrogens with one attached hydrogen (secondary N) is 1. The number of esters is 1. The molecular formula is C12H25NO2. The summed E-state index contributed by atoms with van der Waals surface area (Å²) in [7, 11) is 0. The molecule has 0 aromatic heterocycles. The summed E-state index contributed by atoms with van der Waals surface area (Å²) < 4.78 is 5.22. The predicted molar refractivity (Wildman–Crippen MR) is 62.7 cm³/mol. The van der Waals surface area contributed by atoms with E-state index in [2.05, 4.69) is 19.2 Å². The van der Waals surface area contributed by atoms with Gasteiger partial charge < -0.3 is 10.1 Å². The third kappa shape index (κ3) is 8.43. The van der Waals surface area contributed by atoms with Gasteiger partial charge in [0.05, 0.1) is 5.92 Å². The number of carbonyl (C=O) groups excluding carboxylic acids is 1. The molecule has 0 saturated carbocycles. The van der Waals surface area contributed by atoms with Crippen LogP contribution in [0.25, 0.3) is 0 Å². The molecule has 3 nitrogen and oxygen atoms in total. The van der Waals surface area contributed by atoms with Crippen LogP contribution in [-0.2, 0) is 9.53 Å². The van der Waals surface area contributed by atoms with Crippen LogP contribution in [0.15, 0.2) is 0 Å². The summed E-state index contributed by atoms with van der Waals surface area (Å²) >= 11 is 0. The molecule has 0 amide bonds. The van der Waals surface area contributed by atoms with Gasteiger partial charge in [-0.25, -0.2) is 0 Å². The molecule has 90 valence electrons. The molecule has 0 bridgehead atoms. The van der Waals surface area contributed by atoms with Crippen molar-refractivity contribution in [2.75, 3.05) is 13.1 Å². The number of hydrogen-bond donors (Lipinski definition) is 1. The maximum absolute atomic E-state index is 11.2. The molecule has 0 aromatic carbocycles. The summed E-state index contributed by atoms with van der Waals surface area (Å²) in [5.74, 6) is 0.558. The molecule has 0 saturated heterocycles. The summed E-state index contributed by atoms with van der Waals surface area (Å²) in [5.41, 5.74) is 0. The minimum atomic E-state index is -0.117. The van der Waals surface area contributed by atoms with Gasteiger partial charge in [-0.05, 0) is 25.8 Å². The second kappa shape index (κ2) is 7.69. The molecule has 0 rings (SSSR count). The van der Waals surface area contributed by atoms with Crippen LogP contribution in [0, 0.1) is 11.8 Å². The molecule has 0 aliphatic heterocycles. The van der Waals surface area contributed by atoms with Crippen molar-refractivity contribution < 1.29 is 9.53 Å². The predicted octanol–water partition coefficient (Wildman–Crippen LogP) is 2.21. The fourth-order valence-corrected chi connectivity index (χ4v) is 1.07. The Balaban J connectivity index is 3.49. The van der Waals surface area contributed by atoms with Crippen LogP contribution in [0.1, 0.15) is 41.0 Å². The lowest BCUT2D eigenvalue weighted by atomic mass is 10.1. The normalized spacial score (nSPS) is 13.3. The molecule has 0 heterocycles. The topological polar surface area (TPSA) is 38.3 Å². The van der Waals surface area contributed by atoms with E-state index in [1.807, 2.05) is 20.8 Å². The van der Waals surface area contributed by atoms with Crippen LogP contribution < -0.4 is 5.32 Å². The Morgan fingerprint density at radius 3 is 2.27 bits per heavy atom. The van der Waals surface area contributed by atoms with Crippen molar-refractivity contribution in [2.24, 2.45) is 11.8 Å². The quantitative estimate of drug-likeness (QED) is 0.522. The molecular weight excluding hydrogens is 190 g/mol. The Bertz CT molecular complexity index is 178. The SMILES string of the molecule is CC(C)CCNCC(C)OC(=O)C(C)C. The first kappa shape index (κ1) is 14.4.